The molecule has 104 valence electrons. The zero-order chi connectivity index (χ0) is 14.4. The van der Waals surface area contributed by atoms with Crippen LogP contribution in [0.25, 0.3) is 0 Å². The highest BCUT2D eigenvalue weighted by atomic mass is 79.9. The Morgan fingerprint density at radius 1 is 1.53 bits per heavy atom. The van der Waals surface area contributed by atoms with Gasteiger partial charge < -0.3 is 10.6 Å². The molecule has 19 heavy (non-hydrogen) atoms. The molecule has 1 amide bonds. The Bertz CT molecular complexity index is 479. The summed E-state index contributed by atoms with van der Waals surface area (Å²) in [6.07, 6.45) is 0. The summed E-state index contributed by atoms with van der Waals surface area (Å²) in [5, 5.41) is 16.5. The SMILES string of the molecule is CCNCC(C)C(=O)Nc1ccc([N+](=O)[O-])c(Br)c1. The average molecular weight is 330 g/mol. The van der Waals surface area contributed by atoms with E-state index in [-0.39, 0.29) is 17.5 Å². The van der Waals surface area contributed by atoms with Gasteiger partial charge in [-0.2, -0.15) is 0 Å². The van der Waals surface area contributed by atoms with Crippen LogP contribution >= 0.6 is 15.9 Å². The lowest BCUT2D eigenvalue weighted by Gasteiger charge is -2.12. The van der Waals surface area contributed by atoms with Gasteiger partial charge >= 0.3 is 0 Å². The minimum absolute atomic E-state index is 0.0290. The number of hydrogen-bond donors (Lipinski definition) is 2. The highest BCUT2D eigenvalue weighted by Gasteiger charge is 2.15. The number of anilines is 1. The van der Waals surface area contributed by atoms with Crippen molar-refractivity contribution in [2.24, 2.45) is 5.92 Å². The van der Waals surface area contributed by atoms with Crippen LogP contribution in [0.2, 0.25) is 0 Å². The zero-order valence-corrected chi connectivity index (χ0v) is 12.4. The number of amides is 1. The summed E-state index contributed by atoms with van der Waals surface area (Å²) >= 11 is 3.11. The molecule has 1 unspecified atom stereocenters. The van der Waals surface area contributed by atoms with Gasteiger partial charge in [-0.25, -0.2) is 0 Å². The molecule has 0 saturated heterocycles. The number of carbonyl (C=O) groups is 1. The van der Waals surface area contributed by atoms with Gasteiger partial charge in [0.1, 0.15) is 0 Å². The quantitative estimate of drug-likeness (QED) is 0.620. The van der Waals surface area contributed by atoms with E-state index < -0.39 is 4.92 Å². The minimum Gasteiger partial charge on any atom is -0.326 e. The first-order valence-corrected chi connectivity index (χ1v) is 6.70. The highest BCUT2D eigenvalue weighted by molar-refractivity contribution is 9.10. The van der Waals surface area contributed by atoms with Crippen molar-refractivity contribution in [1.82, 2.24) is 5.32 Å². The van der Waals surface area contributed by atoms with E-state index in [2.05, 4.69) is 26.6 Å². The van der Waals surface area contributed by atoms with Gasteiger partial charge in [0, 0.05) is 24.2 Å². The van der Waals surface area contributed by atoms with Gasteiger partial charge in [0.05, 0.1) is 9.40 Å². The molecule has 1 atom stereocenters. The third-order valence-electron chi connectivity index (χ3n) is 2.56. The Morgan fingerprint density at radius 3 is 2.74 bits per heavy atom. The smallest absolute Gasteiger partial charge is 0.283 e. The van der Waals surface area contributed by atoms with E-state index in [4.69, 9.17) is 0 Å². The Balaban J connectivity index is 2.70. The molecule has 0 aromatic heterocycles. The molecule has 1 rings (SSSR count). The number of carbonyl (C=O) groups excluding carboxylic acids is 1. The normalized spacial score (nSPS) is 11.9. The first kappa shape index (κ1) is 15.6. The van der Waals surface area contributed by atoms with E-state index in [1.807, 2.05) is 13.8 Å². The largest absolute Gasteiger partial charge is 0.326 e. The number of halogens is 1. The van der Waals surface area contributed by atoms with E-state index in [0.29, 0.717) is 16.7 Å². The molecule has 0 heterocycles. The van der Waals surface area contributed by atoms with Crippen molar-refractivity contribution >= 4 is 33.2 Å². The number of hydrogen-bond acceptors (Lipinski definition) is 4. The van der Waals surface area contributed by atoms with Crippen LogP contribution < -0.4 is 10.6 Å². The third-order valence-corrected chi connectivity index (χ3v) is 3.20. The Morgan fingerprint density at radius 2 is 2.21 bits per heavy atom. The van der Waals surface area contributed by atoms with Crippen LogP contribution in [0.5, 0.6) is 0 Å². The van der Waals surface area contributed by atoms with E-state index in [1.165, 1.54) is 18.2 Å². The second-order valence-electron chi connectivity index (χ2n) is 4.12. The Labute approximate surface area is 119 Å². The number of rotatable bonds is 6. The van der Waals surface area contributed by atoms with Gasteiger partial charge in [0.25, 0.3) is 5.69 Å². The van der Waals surface area contributed by atoms with E-state index in [0.717, 1.165) is 6.54 Å². The van der Waals surface area contributed by atoms with Crippen molar-refractivity contribution < 1.29 is 9.72 Å². The molecule has 0 spiro atoms. The molecule has 1 aromatic carbocycles. The molecule has 1 aromatic rings. The van der Waals surface area contributed by atoms with Gasteiger partial charge in [-0.05, 0) is 34.6 Å². The minimum atomic E-state index is -0.483. The maximum atomic E-state index is 11.8. The van der Waals surface area contributed by atoms with Gasteiger partial charge in [0.2, 0.25) is 5.91 Å². The fourth-order valence-corrected chi connectivity index (χ4v) is 1.98. The van der Waals surface area contributed by atoms with E-state index in [9.17, 15) is 14.9 Å². The lowest BCUT2D eigenvalue weighted by Crippen LogP contribution is -2.30. The summed E-state index contributed by atoms with van der Waals surface area (Å²) < 4.78 is 0.342. The summed E-state index contributed by atoms with van der Waals surface area (Å²) in [7, 11) is 0. The summed E-state index contributed by atoms with van der Waals surface area (Å²) in [5.41, 5.74) is 0.504. The monoisotopic (exact) mass is 329 g/mol. The molecular formula is C12H16BrN3O3. The molecule has 0 saturated carbocycles. The number of nitrogens with zero attached hydrogens (tertiary/aromatic N) is 1. The van der Waals surface area contributed by atoms with Crippen LogP contribution in [0, 0.1) is 16.0 Å². The van der Waals surface area contributed by atoms with Gasteiger partial charge in [-0.1, -0.05) is 13.8 Å². The number of nitrogens with one attached hydrogen (secondary N) is 2. The molecule has 0 aliphatic carbocycles. The van der Waals surface area contributed by atoms with Crippen LogP contribution in [-0.2, 0) is 4.79 Å². The highest BCUT2D eigenvalue weighted by Crippen LogP contribution is 2.27. The van der Waals surface area contributed by atoms with Crippen molar-refractivity contribution in [3.05, 3.63) is 32.8 Å². The lowest BCUT2D eigenvalue weighted by molar-refractivity contribution is -0.385. The van der Waals surface area contributed by atoms with Crippen molar-refractivity contribution in [2.45, 2.75) is 13.8 Å². The van der Waals surface area contributed by atoms with Crippen molar-refractivity contribution in [3.63, 3.8) is 0 Å². The van der Waals surface area contributed by atoms with Gasteiger partial charge in [0.15, 0.2) is 0 Å². The molecular weight excluding hydrogens is 314 g/mol. The fraction of sp³-hybridized carbons (Fsp3) is 0.417. The summed E-state index contributed by atoms with van der Waals surface area (Å²) in [6, 6.07) is 4.39. The van der Waals surface area contributed by atoms with Crippen LogP contribution in [-0.4, -0.2) is 23.9 Å². The molecule has 2 N–H and O–H groups in total. The van der Waals surface area contributed by atoms with E-state index in [1.54, 1.807) is 0 Å². The second kappa shape index (κ2) is 7.20. The maximum absolute atomic E-state index is 11.8. The maximum Gasteiger partial charge on any atom is 0.283 e. The molecule has 7 heteroatoms. The van der Waals surface area contributed by atoms with Crippen molar-refractivity contribution in [2.75, 3.05) is 18.4 Å². The Kier molecular flexibility index (Phi) is 5.91. The zero-order valence-electron chi connectivity index (χ0n) is 10.8. The van der Waals surface area contributed by atoms with Crippen molar-refractivity contribution in [1.29, 1.82) is 0 Å². The second-order valence-corrected chi connectivity index (χ2v) is 4.98. The molecule has 0 fully saturated rings. The summed E-state index contributed by atoms with van der Waals surface area (Å²) in [6.45, 7) is 5.19. The average Bonchev–Trinajstić information content (AvgIpc) is 2.35. The Hall–Kier alpha value is -1.47. The fourth-order valence-electron chi connectivity index (χ4n) is 1.45. The molecule has 0 aliphatic heterocycles. The van der Waals surface area contributed by atoms with Crippen LogP contribution in [0.3, 0.4) is 0 Å². The van der Waals surface area contributed by atoms with Crippen LogP contribution in [0.15, 0.2) is 22.7 Å². The molecule has 0 radical (unpaired) electrons. The van der Waals surface area contributed by atoms with Crippen LogP contribution in [0.4, 0.5) is 11.4 Å². The van der Waals surface area contributed by atoms with Gasteiger partial charge in [-0.3, -0.25) is 14.9 Å². The third kappa shape index (κ3) is 4.60. The standard InChI is InChI=1S/C12H16BrN3O3/c1-3-14-7-8(2)12(17)15-9-4-5-11(16(18)19)10(13)6-9/h4-6,8,14H,3,7H2,1-2H3,(H,15,17). The summed E-state index contributed by atoms with van der Waals surface area (Å²) in [5.74, 6) is -0.296. The van der Waals surface area contributed by atoms with E-state index >= 15 is 0 Å². The van der Waals surface area contributed by atoms with Crippen LogP contribution in [0.1, 0.15) is 13.8 Å². The summed E-state index contributed by atoms with van der Waals surface area (Å²) in [4.78, 5) is 22.0. The predicted octanol–water partition coefficient (Wildman–Crippen LogP) is 2.54. The number of nitro groups is 1. The number of nitro benzene ring substituents is 1. The first-order chi connectivity index (χ1) is 8.95. The molecule has 6 nitrogen and oxygen atoms in total. The molecule has 0 bridgehead atoms. The predicted molar refractivity (Wildman–Crippen MR) is 77.1 cm³/mol. The molecule has 0 aliphatic rings. The number of benzene rings is 1. The topological polar surface area (TPSA) is 84.3 Å². The first-order valence-electron chi connectivity index (χ1n) is 5.91. The van der Waals surface area contributed by atoms with Crippen molar-refractivity contribution in [3.8, 4) is 0 Å². The lowest BCUT2D eigenvalue weighted by atomic mass is 10.1. The van der Waals surface area contributed by atoms with Gasteiger partial charge in [-0.15, -0.1) is 0 Å².